The van der Waals surface area contributed by atoms with Crippen molar-refractivity contribution in [1.82, 2.24) is 29.4 Å². The van der Waals surface area contributed by atoms with E-state index in [-0.39, 0.29) is 23.2 Å². The number of halogens is 2. The summed E-state index contributed by atoms with van der Waals surface area (Å²) in [4.78, 5) is 19.6. The number of nitrogens with zero attached hydrogens (tertiary/aromatic N) is 6. The standard InChI is InChI=1S/C29H33F2N7/c1-17(2)38-18(3)34-28-23(30)13-21(14-25(28)38)27-24(31)16-33-29(36-27)35-26-11-8-20(15-32-26)12-19-6-9-22(10-7-19)37(4)5/h8,11-17,22H,6-7,9-10H2,1-5H3,(H,32,33,35,36). The fraction of sp³-hybridized carbons (Fsp3) is 0.379. The van der Waals surface area contributed by atoms with Crippen LogP contribution in [0.2, 0.25) is 0 Å². The second-order valence-corrected chi connectivity index (χ2v) is 10.4. The van der Waals surface area contributed by atoms with E-state index < -0.39 is 11.6 Å². The largest absolute Gasteiger partial charge is 0.326 e. The number of hydrogen-bond acceptors (Lipinski definition) is 6. The molecule has 0 atom stereocenters. The zero-order valence-corrected chi connectivity index (χ0v) is 22.5. The minimum atomic E-state index is -0.638. The Hall–Kier alpha value is -3.72. The zero-order valence-electron chi connectivity index (χ0n) is 22.5. The molecule has 9 heteroatoms. The molecule has 1 N–H and O–H groups in total. The molecule has 1 aliphatic carbocycles. The third kappa shape index (κ3) is 5.29. The van der Waals surface area contributed by atoms with Crippen molar-refractivity contribution in [1.29, 1.82) is 0 Å². The number of aromatic nitrogens is 5. The van der Waals surface area contributed by atoms with Crippen LogP contribution in [0.1, 0.15) is 57.0 Å². The monoisotopic (exact) mass is 517 g/mol. The van der Waals surface area contributed by atoms with Gasteiger partial charge in [-0.2, -0.15) is 0 Å². The number of fused-ring (bicyclic) bond motifs is 1. The highest BCUT2D eigenvalue weighted by atomic mass is 19.1. The SMILES string of the molecule is Cc1nc2c(F)cc(-c3nc(Nc4ccc(C=C5CCC(N(C)C)CC5)cn4)ncc3F)cc2n1C(C)C. The summed E-state index contributed by atoms with van der Waals surface area (Å²) in [6.45, 7) is 5.82. The van der Waals surface area contributed by atoms with Gasteiger partial charge in [-0.25, -0.2) is 28.7 Å². The first-order valence-corrected chi connectivity index (χ1v) is 13.0. The van der Waals surface area contributed by atoms with Crippen molar-refractivity contribution in [2.75, 3.05) is 19.4 Å². The van der Waals surface area contributed by atoms with Crippen LogP contribution in [0.4, 0.5) is 20.5 Å². The van der Waals surface area contributed by atoms with Crippen LogP contribution in [0.5, 0.6) is 0 Å². The Morgan fingerprint density at radius 3 is 2.45 bits per heavy atom. The quantitative estimate of drug-likeness (QED) is 0.307. The topological polar surface area (TPSA) is 71.8 Å². The van der Waals surface area contributed by atoms with Gasteiger partial charge in [0.15, 0.2) is 11.6 Å². The van der Waals surface area contributed by atoms with Crippen LogP contribution in [0, 0.1) is 18.6 Å². The van der Waals surface area contributed by atoms with Gasteiger partial charge in [0.25, 0.3) is 0 Å². The van der Waals surface area contributed by atoms with Crippen molar-refractivity contribution in [2.45, 2.75) is 58.5 Å². The molecule has 1 aromatic carbocycles. The lowest BCUT2D eigenvalue weighted by Crippen LogP contribution is -2.30. The molecule has 7 nitrogen and oxygen atoms in total. The molecule has 0 saturated heterocycles. The number of pyridine rings is 1. The lowest BCUT2D eigenvalue weighted by atomic mass is 9.89. The van der Waals surface area contributed by atoms with Gasteiger partial charge < -0.3 is 14.8 Å². The number of allylic oxidation sites excluding steroid dienone is 1. The highest BCUT2D eigenvalue weighted by Gasteiger charge is 2.19. The number of hydrogen-bond donors (Lipinski definition) is 1. The molecular weight excluding hydrogens is 484 g/mol. The van der Waals surface area contributed by atoms with Crippen LogP contribution in [0.25, 0.3) is 28.4 Å². The van der Waals surface area contributed by atoms with E-state index in [4.69, 9.17) is 0 Å². The van der Waals surface area contributed by atoms with Crippen LogP contribution < -0.4 is 5.32 Å². The van der Waals surface area contributed by atoms with E-state index in [1.165, 1.54) is 24.5 Å². The third-order valence-corrected chi connectivity index (χ3v) is 7.18. The number of anilines is 2. The number of aryl methyl sites for hydroxylation is 1. The Kier molecular flexibility index (Phi) is 7.21. The highest BCUT2D eigenvalue weighted by Crippen LogP contribution is 2.31. The fourth-order valence-electron chi connectivity index (χ4n) is 5.24. The summed E-state index contributed by atoms with van der Waals surface area (Å²) in [7, 11) is 4.28. The number of benzene rings is 1. The Morgan fingerprint density at radius 2 is 1.79 bits per heavy atom. The maximum Gasteiger partial charge on any atom is 0.229 e. The number of nitrogens with one attached hydrogen (secondary N) is 1. The van der Waals surface area contributed by atoms with Gasteiger partial charge in [-0.15, -0.1) is 0 Å². The van der Waals surface area contributed by atoms with Gasteiger partial charge in [0.05, 0.1) is 11.7 Å². The van der Waals surface area contributed by atoms with Gasteiger partial charge in [0.1, 0.15) is 22.9 Å². The summed E-state index contributed by atoms with van der Waals surface area (Å²) in [5.41, 5.74) is 3.66. The first kappa shape index (κ1) is 25.9. The molecule has 1 fully saturated rings. The summed E-state index contributed by atoms with van der Waals surface area (Å²) in [5.74, 6) is 0.254. The minimum absolute atomic E-state index is 0.00661. The summed E-state index contributed by atoms with van der Waals surface area (Å²) in [5, 5.41) is 3.04. The van der Waals surface area contributed by atoms with E-state index in [9.17, 15) is 8.78 Å². The van der Waals surface area contributed by atoms with Crippen LogP contribution in [-0.4, -0.2) is 49.5 Å². The average Bonchev–Trinajstić information content (AvgIpc) is 3.23. The van der Waals surface area contributed by atoms with Gasteiger partial charge in [-0.3, -0.25) is 0 Å². The molecule has 3 aromatic heterocycles. The molecule has 1 saturated carbocycles. The van der Waals surface area contributed by atoms with Crippen LogP contribution in [0.3, 0.4) is 0 Å². The van der Waals surface area contributed by atoms with Crippen molar-refractivity contribution in [3.8, 4) is 11.3 Å². The zero-order chi connectivity index (χ0) is 27.0. The molecule has 3 heterocycles. The summed E-state index contributed by atoms with van der Waals surface area (Å²) in [6, 6.07) is 7.54. The lowest BCUT2D eigenvalue weighted by molar-refractivity contribution is 0.249. The number of imidazole rings is 1. The fourth-order valence-corrected chi connectivity index (χ4v) is 5.24. The number of rotatable bonds is 6. The Morgan fingerprint density at radius 1 is 1.03 bits per heavy atom. The second kappa shape index (κ2) is 10.6. The Labute approximate surface area is 221 Å². The van der Waals surface area contributed by atoms with E-state index in [1.807, 2.05) is 37.5 Å². The smallest absolute Gasteiger partial charge is 0.229 e. The van der Waals surface area contributed by atoms with E-state index in [1.54, 1.807) is 12.3 Å². The Bertz CT molecular complexity index is 1480. The summed E-state index contributed by atoms with van der Waals surface area (Å²) in [6.07, 6.45) is 9.64. The van der Waals surface area contributed by atoms with Crippen LogP contribution in [-0.2, 0) is 0 Å². The maximum absolute atomic E-state index is 15.0. The molecule has 0 unspecified atom stereocenters. The summed E-state index contributed by atoms with van der Waals surface area (Å²) < 4.78 is 31.7. The van der Waals surface area contributed by atoms with Crippen molar-refractivity contribution >= 4 is 28.9 Å². The van der Waals surface area contributed by atoms with Gasteiger partial charge >= 0.3 is 0 Å². The first-order valence-electron chi connectivity index (χ1n) is 13.0. The predicted molar refractivity (Wildman–Crippen MR) is 147 cm³/mol. The molecule has 1 aliphatic rings. The minimum Gasteiger partial charge on any atom is -0.326 e. The average molecular weight is 518 g/mol. The van der Waals surface area contributed by atoms with Crippen molar-refractivity contribution in [2.24, 2.45) is 0 Å². The molecule has 0 amide bonds. The molecule has 0 aliphatic heterocycles. The van der Waals surface area contributed by atoms with Crippen molar-refractivity contribution in [3.05, 3.63) is 65.3 Å². The molecule has 0 spiro atoms. The van der Waals surface area contributed by atoms with E-state index in [2.05, 4.69) is 50.3 Å². The van der Waals surface area contributed by atoms with Gasteiger partial charge in [0, 0.05) is 23.8 Å². The summed E-state index contributed by atoms with van der Waals surface area (Å²) >= 11 is 0. The molecule has 0 radical (unpaired) electrons. The maximum atomic E-state index is 15.0. The van der Waals surface area contributed by atoms with Gasteiger partial charge in [-0.1, -0.05) is 11.6 Å². The highest BCUT2D eigenvalue weighted by molar-refractivity contribution is 5.83. The molecule has 198 valence electrons. The van der Waals surface area contributed by atoms with E-state index >= 15 is 0 Å². The third-order valence-electron chi connectivity index (χ3n) is 7.18. The predicted octanol–water partition coefficient (Wildman–Crippen LogP) is 6.69. The van der Waals surface area contributed by atoms with Gasteiger partial charge in [-0.05, 0) is 90.4 Å². The molecule has 4 aromatic rings. The van der Waals surface area contributed by atoms with Crippen molar-refractivity contribution in [3.63, 3.8) is 0 Å². The van der Waals surface area contributed by atoms with Crippen LogP contribution >= 0.6 is 0 Å². The molecular formula is C29H33F2N7. The second-order valence-electron chi connectivity index (χ2n) is 10.4. The van der Waals surface area contributed by atoms with E-state index in [0.717, 1.165) is 24.6 Å². The molecule has 38 heavy (non-hydrogen) atoms. The van der Waals surface area contributed by atoms with Crippen LogP contribution in [0.15, 0.2) is 42.2 Å². The van der Waals surface area contributed by atoms with E-state index in [0.29, 0.717) is 28.8 Å². The lowest BCUT2D eigenvalue weighted by Gasteiger charge is -2.29. The van der Waals surface area contributed by atoms with Gasteiger partial charge in [0.2, 0.25) is 5.95 Å². The van der Waals surface area contributed by atoms with Crippen molar-refractivity contribution < 1.29 is 8.78 Å². The first-order chi connectivity index (χ1) is 18.2. The molecule has 0 bridgehead atoms. The molecule has 5 rings (SSSR count). The normalized spacial score (nSPS) is 16.0. The Balaban J connectivity index is 1.36.